The van der Waals surface area contributed by atoms with Gasteiger partial charge in [-0.15, -0.1) is 0 Å². The summed E-state index contributed by atoms with van der Waals surface area (Å²) in [4.78, 5) is 12.8. The van der Waals surface area contributed by atoms with Gasteiger partial charge in [0.2, 0.25) is 0 Å². The maximum absolute atomic E-state index is 5.16. The predicted molar refractivity (Wildman–Crippen MR) is 243 cm³/mol. The van der Waals surface area contributed by atoms with Crippen molar-refractivity contribution in [1.29, 1.82) is 0 Å². The van der Waals surface area contributed by atoms with Gasteiger partial charge in [0.05, 0.1) is 28.2 Å². The summed E-state index contributed by atoms with van der Waals surface area (Å²) in [6.45, 7) is 16.5. The van der Waals surface area contributed by atoms with Gasteiger partial charge in [0.1, 0.15) is 17.3 Å². The third-order valence-corrected chi connectivity index (χ3v) is 15.1. The summed E-state index contributed by atoms with van der Waals surface area (Å²) in [6.07, 6.45) is 11.9. The van der Waals surface area contributed by atoms with Crippen molar-refractivity contribution in [2.24, 2.45) is 0 Å². The number of hydrogen-bond acceptors (Lipinski definition) is 3. The van der Waals surface area contributed by atoms with Crippen LogP contribution in [0.15, 0.2) is 134 Å². The summed E-state index contributed by atoms with van der Waals surface area (Å²) in [7, 11) is 0. The van der Waals surface area contributed by atoms with E-state index in [1.807, 2.05) is 12.4 Å². The summed E-state index contributed by atoms with van der Waals surface area (Å²) < 4.78 is 5.32. The minimum absolute atomic E-state index is 0.0756. The summed E-state index contributed by atoms with van der Waals surface area (Å²) >= 11 is 0. The van der Waals surface area contributed by atoms with Gasteiger partial charge >= 0.3 is 0 Å². The first-order valence-electron chi connectivity index (χ1n) is 21.7. The first-order chi connectivity index (χ1) is 28.7. The fourth-order valence-electron chi connectivity index (χ4n) is 12.0. The number of anilines is 2. The molecule has 0 saturated heterocycles. The molecular weight excluding hydrogens is 719 g/mol. The smallest absolute Gasteiger partial charge is 0.296 e. The highest BCUT2D eigenvalue weighted by atomic mass is 15.3. The van der Waals surface area contributed by atoms with Crippen LogP contribution in [0, 0.1) is 20.8 Å². The molecule has 0 spiro atoms. The largest absolute Gasteiger partial charge is 0.317 e. The van der Waals surface area contributed by atoms with Crippen molar-refractivity contribution in [3.63, 3.8) is 0 Å². The second-order valence-corrected chi connectivity index (χ2v) is 17.8. The van der Waals surface area contributed by atoms with Gasteiger partial charge in [-0.25, -0.2) is 9.55 Å². The van der Waals surface area contributed by atoms with Crippen molar-refractivity contribution in [2.45, 2.75) is 96.6 Å². The Labute approximate surface area is 347 Å². The minimum Gasteiger partial charge on any atom is -0.317 e. The van der Waals surface area contributed by atoms with Gasteiger partial charge in [-0.2, -0.15) is 4.40 Å². The van der Waals surface area contributed by atoms with Crippen molar-refractivity contribution in [3.8, 4) is 11.3 Å². The van der Waals surface area contributed by atoms with E-state index in [2.05, 4.69) is 184 Å². The number of benzene rings is 5. The van der Waals surface area contributed by atoms with Crippen LogP contribution >= 0.6 is 0 Å². The molecule has 11 rings (SSSR count). The molecule has 0 saturated carbocycles. The molecular formula is C54H52N5+. The Bertz CT molecular complexity index is 3030. The van der Waals surface area contributed by atoms with Crippen LogP contribution in [-0.4, -0.2) is 20.4 Å². The number of rotatable bonds is 5. The van der Waals surface area contributed by atoms with Crippen LogP contribution in [0.4, 0.5) is 11.5 Å². The molecule has 3 aliphatic heterocycles. The molecule has 3 aliphatic rings. The number of pyridine rings is 1. The number of imidazole rings is 1. The van der Waals surface area contributed by atoms with Crippen molar-refractivity contribution in [1.82, 2.24) is 14.4 Å². The zero-order valence-corrected chi connectivity index (χ0v) is 35.3. The first-order valence-corrected chi connectivity index (χ1v) is 21.7. The zero-order chi connectivity index (χ0) is 40.4. The average molecular weight is 771 g/mol. The molecule has 0 N–H and O–H groups in total. The molecule has 5 nitrogen and oxygen atoms in total. The summed E-state index contributed by atoms with van der Waals surface area (Å²) in [5.74, 6) is 1.45. The quantitative estimate of drug-likeness (QED) is 0.129. The minimum atomic E-state index is -0.361. The van der Waals surface area contributed by atoms with E-state index in [0.717, 1.165) is 30.8 Å². The number of para-hydroxylation sites is 1. The van der Waals surface area contributed by atoms with Gasteiger partial charge in [-0.1, -0.05) is 123 Å². The van der Waals surface area contributed by atoms with Crippen molar-refractivity contribution >= 4 is 44.4 Å². The number of hydrogen-bond donors (Lipinski definition) is 0. The molecule has 5 atom stereocenters. The SMILES string of the molecule is CCC1(C=C2c3ccccc3N3c4nccnc4C(C)C(c4ccccc4)CC23)c2cccc3c4cc(C)ccc4n4c(-c5c(C)cccc5C)c[n+](c4c23)C1(C)CC. The van der Waals surface area contributed by atoms with Gasteiger partial charge in [-0.3, -0.25) is 4.98 Å². The molecule has 3 aromatic heterocycles. The summed E-state index contributed by atoms with van der Waals surface area (Å²) in [5, 5.41) is 4.00. The van der Waals surface area contributed by atoms with Gasteiger partial charge < -0.3 is 4.90 Å². The number of nitrogens with zero attached hydrogens (tertiary/aromatic N) is 5. The van der Waals surface area contributed by atoms with E-state index in [9.17, 15) is 0 Å². The molecule has 5 aromatic carbocycles. The van der Waals surface area contributed by atoms with Gasteiger partial charge in [0.25, 0.3) is 5.65 Å². The monoisotopic (exact) mass is 770 g/mol. The molecule has 0 amide bonds. The Balaban J connectivity index is 1.25. The molecule has 59 heavy (non-hydrogen) atoms. The van der Waals surface area contributed by atoms with Crippen LogP contribution in [-0.2, 0) is 11.0 Å². The standard InChI is InChI=1S/C54H52N5/c1-8-53(7)54(9-2,31-42-38-21-13-14-24-44(38)58-46(42)30-40(37-19-11-10-12-20-37)36(6)50-51(58)56-28-27-55-50)43-23-16-22-39-41-29-33(3)25-26-45(41)59-47(32-57(53)52(59)49(39)43)48-34(4)17-15-18-35(48)5/h10-29,31-32,36,40,46H,8-9,30H2,1-7H3/q+1. The zero-order valence-electron chi connectivity index (χ0n) is 35.3. The van der Waals surface area contributed by atoms with Crippen molar-refractivity contribution < 1.29 is 4.57 Å². The van der Waals surface area contributed by atoms with Crippen LogP contribution in [0.25, 0.3) is 44.2 Å². The van der Waals surface area contributed by atoms with E-state index < -0.39 is 0 Å². The van der Waals surface area contributed by atoms with E-state index in [1.54, 1.807) is 0 Å². The van der Waals surface area contributed by atoms with E-state index in [4.69, 9.17) is 9.97 Å². The van der Waals surface area contributed by atoms with E-state index in [1.165, 1.54) is 83.2 Å². The number of fused-ring (bicyclic) bond motifs is 8. The maximum Gasteiger partial charge on any atom is 0.296 e. The first kappa shape index (κ1) is 36.0. The number of aromatic nitrogens is 4. The molecule has 0 bridgehead atoms. The molecule has 0 radical (unpaired) electrons. The van der Waals surface area contributed by atoms with Gasteiger partial charge in [0, 0.05) is 40.2 Å². The summed E-state index contributed by atoms with van der Waals surface area (Å²) in [5.41, 5.74) is 16.1. The Morgan fingerprint density at radius 3 is 2.32 bits per heavy atom. The number of aryl methyl sites for hydroxylation is 3. The van der Waals surface area contributed by atoms with E-state index >= 15 is 0 Å². The van der Waals surface area contributed by atoms with Gasteiger partial charge in [0.15, 0.2) is 11.5 Å². The lowest BCUT2D eigenvalue weighted by Gasteiger charge is -2.48. The molecule has 5 unspecified atom stereocenters. The highest BCUT2D eigenvalue weighted by molar-refractivity contribution is 6.14. The Morgan fingerprint density at radius 2 is 1.54 bits per heavy atom. The Hall–Kier alpha value is -6.07. The van der Waals surface area contributed by atoms with Crippen LogP contribution < -0.4 is 9.47 Å². The second-order valence-electron chi connectivity index (χ2n) is 17.8. The fourth-order valence-corrected chi connectivity index (χ4v) is 12.0. The van der Waals surface area contributed by atoms with Crippen LogP contribution in [0.1, 0.15) is 97.9 Å². The summed E-state index contributed by atoms with van der Waals surface area (Å²) in [6, 6.07) is 41.2. The Morgan fingerprint density at radius 1 is 0.797 bits per heavy atom. The lowest BCUT2D eigenvalue weighted by atomic mass is 9.59. The van der Waals surface area contributed by atoms with Gasteiger partial charge in [-0.05, 0) is 98.9 Å². The Kier molecular flexibility index (Phi) is 7.92. The third-order valence-electron chi connectivity index (χ3n) is 15.1. The number of allylic oxidation sites excluding steroid dienone is 1. The highest BCUT2D eigenvalue weighted by Gasteiger charge is 2.57. The van der Waals surface area contributed by atoms with Crippen LogP contribution in [0.2, 0.25) is 0 Å². The fraction of sp³-hybridized carbons (Fsp3) is 0.278. The lowest BCUT2D eigenvalue weighted by Crippen LogP contribution is -2.66. The third kappa shape index (κ3) is 4.76. The molecule has 292 valence electrons. The predicted octanol–water partition coefficient (Wildman–Crippen LogP) is 12.6. The van der Waals surface area contributed by atoms with E-state index in [-0.39, 0.29) is 28.8 Å². The molecule has 0 aliphatic carbocycles. The van der Waals surface area contributed by atoms with Crippen LogP contribution in [0.3, 0.4) is 0 Å². The van der Waals surface area contributed by atoms with Crippen LogP contribution in [0.5, 0.6) is 0 Å². The second kappa shape index (κ2) is 13.0. The van der Waals surface area contributed by atoms with E-state index in [0.29, 0.717) is 0 Å². The lowest BCUT2D eigenvalue weighted by molar-refractivity contribution is -0.748. The molecule has 0 fully saturated rings. The normalized spacial score (nSPS) is 23.9. The molecule has 6 heterocycles. The molecule has 8 aromatic rings. The molecule has 5 heteroatoms. The topological polar surface area (TPSA) is 37.3 Å². The highest BCUT2D eigenvalue weighted by Crippen LogP contribution is 2.58. The average Bonchev–Trinajstić information content (AvgIpc) is 3.76. The maximum atomic E-state index is 5.16. The van der Waals surface area contributed by atoms with Crippen molar-refractivity contribution in [3.05, 3.63) is 173 Å². The van der Waals surface area contributed by atoms with Crippen molar-refractivity contribution in [2.75, 3.05) is 4.90 Å².